The highest BCUT2D eigenvalue weighted by Gasteiger charge is 2.43. The Morgan fingerprint density at radius 1 is 1.02 bits per heavy atom. The van der Waals surface area contributed by atoms with Crippen LogP contribution >= 0.6 is 0 Å². The number of benzene rings is 3. The summed E-state index contributed by atoms with van der Waals surface area (Å²) in [6.45, 7) is 10.4. The third kappa shape index (κ3) is 9.09. The van der Waals surface area contributed by atoms with E-state index in [1.54, 1.807) is 11.0 Å². The fourth-order valence-corrected chi connectivity index (χ4v) is 6.79. The molecule has 0 saturated carbocycles. The minimum absolute atomic E-state index is 0.0901. The summed E-state index contributed by atoms with van der Waals surface area (Å²) in [5.74, 6) is 0.348. The summed E-state index contributed by atoms with van der Waals surface area (Å²) in [4.78, 5) is 30.9. The molecule has 1 fully saturated rings. The Morgan fingerprint density at radius 2 is 1.76 bits per heavy atom. The topological polar surface area (TPSA) is 104 Å². The number of hydrogen-bond donors (Lipinski definition) is 1. The molecule has 262 valence electrons. The van der Waals surface area contributed by atoms with Crippen LogP contribution in [-0.2, 0) is 37.4 Å². The predicted molar refractivity (Wildman–Crippen MR) is 193 cm³/mol. The minimum Gasteiger partial charge on any atom is -0.491 e. The van der Waals surface area contributed by atoms with Crippen LogP contribution in [0, 0.1) is 0 Å². The Labute approximate surface area is 291 Å². The van der Waals surface area contributed by atoms with Gasteiger partial charge in [-0.3, -0.25) is 14.6 Å². The molecule has 0 aliphatic carbocycles. The van der Waals surface area contributed by atoms with Crippen molar-refractivity contribution < 1.29 is 28.5 Å². The summed E-state index contributed by atoms with van der Waals surface area (Å²) < 4.78 is 22.5. The quantitative estimate of drug-likeness (QED) is 0.143. The lowest BCUT2D eigenvalue weighted by molar-refractivity contribution is -0.123. The molecule has 2 N–H and O–H groups in total. The van der Waals surface area contributed by atoms with Gasteiger partial charge in [0.05, 0.1) is 17.7 Å². The Kier molecular flexibility index (Phi) is 12.9. The van der Waals surface area contributed by atoms with Gasteiger partial charge in [-0.2, -0.15) is 0 Å². The fraction of sp³-hybridized carbons (Fsp3) is 0.450. The third-order valence-electron chi connectivity index (χ3n) is 9.72. The Morgan fingerprint density at radius 3 is 2.45 bits per heavy atom. The average Bonchev–Trinajstić information content (AvgIpc) is 3.31. The Hall–Kier alpha value is -4.18. The van der Waals surface area contributed by atoms with Crippen LogP contribution in [0.25, 0.3) is 11.1 Å². The van der Waals surface area contributed by atoms with Gasteiger partial charge in [-0.15, -0.1) is 0 Å². The summed E-state index contributed by atoms with van der Waals surface area (Å²) in [6, 6.07) is 22.6. The van der Waals surface area contributed by atoms with Crippen molar-refractivity contribution >= 4 is 17.7 Å². The molecule has 2 heterocycles. The molecule has 2 aliphatic heterocycles. The van der Waals surface area contributed by atoms with Crippen LogP contribution < -0.4 is 15.4 Å². The zero-order valence-electron chi connectivity index (χ0n) is 29.0. The maximum atomic E-state index is 13.5. The molecule has 0 bridgehead atoms. The summed E-state index contributed by atoms with van der Waals surface area (Å²) >= 11 is 0. The SMILES string of the molecule is C=CCOC(=O)N1CCC(C(N)=O)(c2ccc(CN(C)C3CCOCC3)cc2)Cc2cc(-c3ccc(OCCOCCCC)cc3)ccc21. The lowest BCUT2D eigenvalue weighted by Gasteiger charge is -2.32. The van der Waals surface area contributed by atoms with Gasteiger partial charge in [0, 0.05) is 39.0 Å². The standard InChI is InChI=1S/C40H51N3O6/c1-4-6-22-46-25-26-48-36-14-9-31(10-15-36)32-11-16-37-33(27-32)28-40(38(41)44,19-20-43(37)39(45)49-21-5-2)34-12-7-30(8-13-34)29-42(3)35-17-23-47-24-18-35/h5,7-16,27,35H,2,4,6,17-26,28-29H2,1,3H3,(H2,41,44). The van der Waals surface area contributed by atoms with Crippen LogP contribution in [0.3, 0.4) is 0 Å². The largest absolute Gasteiger partial charge is 0.491 e. The highest BCUT2D eigenvalue weighted by Crippen LogP contribution is 2.41. The molecule has 1 saturated heterocycles. The van der Waals surface area contributed by atoms with Gasteiger partial charge in [0.25, 0.3) is 0 Å². The van der Waals surface area contributed by atoms with E-state index in [0.29, 0.717) is 37.8 Å². The molecule has 2 amide bonds. The van der Waals surface area contributed by atoms with Gasteiger partial charge in [-0.1, -0.05) is 68.5 Å². The maximum absolute atomic E-state index is 13.5. The van der Waals surface area contributed by atoms with E-state index in [-0.39, 0.29) is 13.2 Å². The minimum atomic E-state index is -1.02. The lowest BCUT2D eigenvalue weighted by atomic mass is 9.72. The molecule has 1 unspecified atom stereocenters. The lowest BCUT2D eigenvalue weighted by Crippen LogP contribution is -2.44. The van der Waals surface area contributed by atoms with Gasteiger partial charge >= 0.3 is 6.09 Å². The van der Waals surface area contributed by atoms with Gasteiger partial charge in [-0.25, -0.2) is 4.79 Å². The number of carbonyl (C=O) groups is 2. The van der Waals surface area contributed by atoms with Crippen molar-refractivity contribution in [2.24, 2.45) is 5.73 Å². The molecule has 2 aliphatic rings. The van der Waals surface area contributed by atoms with E-state index in [2.05, 4.69) is 43.6 Å². The number of hydrogen-bond acceptors (Lipinski definition) is 7. The number of primary amides is 1. The van der Waals surface area contributed by atoms with E-state index in [4.69, 9.17) is 24.7 Å². The average molecular weight is 670 g/mol. The van der Waals surface area contributed by atoms with Gasteiger partial charge in [-0.05, 0) is 91.2 Å². The molecule has 9 nitrogen and oxygen atoms in total. The summed E-state index contributed by atoms with van der Waals surface area (Å²) in [5.41, 5.74) is 10.8. The number of nitrogens with two attached hydrogens (primary N) is 1. The van der Waals surface area contributed by atoms with Crippen LogP contribution in [0.1, 0.15) is 55.7 Å². The number of nitrogens with zero attached hydrogens (tertiary/aromatic N) is 2. The molecule has 0 aromatic heterocycles. The molecular formula is C40H51N3O6. The molecular weight excluding hydrogens is 618 g/mol. The fourth-order valence-electron chi connectivity index (χ4n) is 6.79. The van der Waals surface area contributed by atoms with Gasteiger partial charge in [0.2, 0.25) is 5.91 Å². The van der Waals surface area contributed by atoms with Crippen LogP contribution in [0.15, 0.2) is 79.4 Å². The number of fused-ring (bicyclic) bond motifs is 1. The molecule has 49 heavy (non-hydrogen) atoms. The highest BCUT2D eigenvalue weighted by atomic mass is 16.6. The predicted octanol–water partition coefficient (Wildman–Crippen LogP) is 6.66. The van der Waals surface area contributed by atoms with E-state index in [0.717, 1.165) is 80.1 Å². The second kappa shape index (κ2) is 17.5. The first-order valence-electron chi connectivity index (χ1n) is 17.5. The zero-order valence-corrected chi connectivity index (χ0v) is 29.0. The van der Waals surface area contributed by atoms with Crippen LogP contribution in [0.4, 0.5) is 10.5 Å². The number of unbranched alkanes of at least 4 members (excludes halogenated alkanes) is 1. The van der Waals surface area contributed by atoms with Crippen molar-refractivity contribution in [3.8, 4) is 16.9 Å². The number of anilines is 1. The number of rotatable bonds is 15. The van der Waals surface area contributed by atoms with Gasteiger partial charge in [0.1, 0.15) is 19.0 Å². The van der Waals surface area contributed by atoms with Gasteiger partial charge < -0.3 is 24.7 Å². The number of amides is 2. The van der Waals surface area contributed by atoms with Crippen molar-refractivity contribution in [3.05, 3.63) is 96.1 Å². The number of carbonyl (C=O) groups excluding carboxylic acids is 2. The number of ether oxygens (including phenoxy) is 4. The smallest absolute Gasteiger partial charge is 0.414 e. The van der Waals surface area contributed by atoms with Crippen LogP contribution in [0.2, 0.25) is 0 Å². The first kappa shape index (κ1) is 36.1. The Bertz CT molecular complexity index is 1540. The normalized spacial score (nSPS) is 18.1. The molecule has 9 heteroatoms. The molecule has 1 atom stereocenters. The molecule has 0 spiro atoms. The second-order valence-corrected chi connectivity index (χ2v) is 13.0. The molecule has 3 aromatic rings. The zero-order chi connectivity index (χ0) is 34.6. The van der Waals surface area contributed by atoms with E-state index < -0.39 is 17.4 Å². The molecule has 0 radical (unpaired) electrons. The van der Waals surface area contributed by atoms with Crippen molar-refractivity contribution in [2.45, 2.75) is 63.5 Å². The van der Waals surface area contributed by atoms with E-state index in [1.807, 2.05) is 48.5 Å². The summed E-state index contributed by atoms with van der Waals surface area (Å²) in [7, 11) is 2.15. The van der Waals surface area contributed by atoms with Crippen molar-refractivity contribution in [1.29, 1.82) is 0 Å². The van der Waals surface area contributed by atoms with Crippen molar-refractivity contribution in [2.75, 3.05) is 58.1 Å². The summed E-state index contributed by atoms with van der Waals surface area (Å²) in [6.07, 6.45) is 5.96. The van der Waals surface area contributed by atoms with Crippen molar-refractivity contribution in [3.63, 3.8) is 0 Å². The first-order chi connectivity index (χ1) is 23.8. The first-order valence-corrected chi connectivity index (χ1v) is 17.5. The molecule has 5 rings (SSSR count). The third-order valence-corrected chi connectivity index (χ3v) is 9.72. The summed E-state index contributed by atoms with van der Waals surface area (Å²) in [5, 5.41) is 0. The highest BCUT2D eigenvalue weighted by molar-refractivity contribution is 5.93. The monoisotopic (exact) mass is 669 g/mol. The van der Waals surface area contributed by atoms with E-state index >= 15 is 0 Å². The van der Waals surface area contributed by atoms with Gasteiger partial charge in [0.15, 0.2) is 0 Å². The van der Waals surface area contributed by atoms with Crippen LogP contribution in [-0.4, -0.2) is 76.2 Å². The van der Waals surface area contributed by atoms with Crippen molar-refractivity contribution in [1.82, 2.24) is 4.90 Å². The van der Waals surface area contributed by atoms with E-state index in [9.17, 15) is 9.59 Å². The van der Waals surface area contributed by atoms with E-state index in [1.165, 1.54) is 5.56 Å². The maximum Gasteiger partial charge on any atom is 0.414 e. The second-order valence-electron chi connectivity index (χ2n) is 13.0. The van der Waals surface area contributed by atoms with Crippen LogP contribution in [0.5, 0.6) is 5.75 Å². The Balaban J connectivity index is 1.40. The molecule has 3 aromatic carbocycles.